The Bertz CT molecular complexity index is 170. The minimum absolute atomic E-state index is 1.19. The molecule has 0 aliphatic carbocycles. The number of nitrogens with one attached hydrogen (secondary N) is 1. The molecule has 70 valence electrons. The molecule has 0 saturated heterocycles. The summed E-state index contributed by atoms with van der Waals surface area (Å²) in [5.41, 5.74) is 0. The van der Waals surface area contributed by atoms with Gasteiger partial charge in [-0.05, 0) is 0 Å². The van der Waals surface area contributed by atoms with E-state index in [9.17, 15) is 13.2 Å². The summed E-state index contributed by atoms with van der Waals surface area (Å²) >= 11 is 0. The van der Waals surface area contributed by atoms with E-state index in [4.69, 9.17) is 9.90 Å². The van der Waals surface area contributed by atoms with E-state index in [0.717, 1.165) is 0 Å². The first kappa shape index (κ1) is 10.9. The molecule has 0 aromatic carbocycles. The fourth-order valence-corrected chi connectivity index (χ4v) is 0.510. The molecular weight excluding hydrogens is 175 g/mol. The van der Waals surface area contributed by atoms with Crippen LogP contribution in [-0.2, 0) is 4.79 Å². The summed E-state index contributed by atoms with van der Waals surface area (Å²) in [4.78, 5) is 11.9. The van der Waals surface area contributed by atoms with Crippen molar-refractivity contribution < 1.29 is 28.1 Å². The molecule has 0 aromatic rings. The quantitative estimate of drug-likeness (QED) is 0.483. The third-order valence-electron chi connectivity index (χ3n) is 1.05. The zero-order valence-electron chi connectivity index (χ0n) is 6.15. The van der Waals surface area contributed by atoms with Crippen LogP contribution in [0.25, 0.3) is 0 Å². The molecule has 0 saturated carbocycles. The largest absolute Gasteiger partial charge is 0.542 e. The van der Waals surface area contributed by atoms with E-state index >= 15 is 0 Å². The topological polar surface area (TPSA) is 54.1 Å². The summed E-state index contributed by atoms with van der Waals surface area (Å²) in [5, 5.41) is 8.78. The molecule has 0 aromatic heterocycles. The van der Waals surface area contributed by atoms with Gasteiger partial charge in [0.15, 0.2) is 0 Å². The minimum atomic E-state index is -5.19. The predicted molar refractivity (Wildman–Crippen MR) is 32.2 cm³/mol. The monoisotopic (exact) mass is 183 g/mol. The van der Waals surface area contributed by atoms with Gasteiger partial charge < -0.3 is 9.90 Å². The molecule has 0 bridgehead atoms. The van der Waals surface area contributed by atoms with Crippen molar-refractivity contribution in [2.75, 3.05) is 6.54 Å². The van der Waals surface area contributed by atoms with E-state index in [1.807, 2.05) is 0 Å². The van der Waals surface area contributed by atoms with Gasteiger partial charge in [0.2, 0.25) is 0 Å². The molecule has 6 heteroatoms. The molecule has 0 atom stereocenters. The normalized spacial score (nSPS) is 15.2. The van der Waals surface area contributed by atoms with Crippen LogP contribution in [0.3, 0.4) is 0 Å². The van der Waals surface area contributed by atoms with Gasteiger partial charge in [-0.1, -0.05) is 0 Å². The highest BCUT2D eigenvalue weighted by atomic mass is 19.4. The summed E-state index contributed by atoms with van der Waals surface area (Å²) in [7, 11) is 0. The number of hydrogen-bond donors (Lipinski definition) is 1. The van der Waals surface area contributed by atoms with Crippen LogP contribution in [0.4, 0.5) is 13.2 Å². The van der Waals surface area contributed by atoms with E-state index in [2.05, 4.69) is 11.2 Å². The number of halogens is 3. The summed E-state index contributed by atoms with van der Waals surface area (Å²) in [6, 6.07) is 0. The van der Waals surface area contributed by atoms with E-state index in [0.29, 0.717) is 0 Å². The minimum Gasteiger partial charge on any atom is -0.542 e. The van der Waals surface area contributed by atoms with Crippen LogP contribution in [0.2, 0.25) is 0 Å². The highest BCUT2D eigenvalue weighted by molar-refractivity contribution is 5.70. The molecule has 12 heavy (non-hydrogen) atoms. The van der Waals surface area contributed by atoms with Gasteiger partial charge in [-0.3, -0.25) is 4.99 Å². The van der Waals surface area contributed by atoms with Crippen molar-refractivity contribution in [3.8, 4) is 0 Å². The highest BCUT2D eigenvalue weighted by Crippen LogP contribution is 2.11. The Labute approximate surface area is 66.9 Å². The zero-order valence-corrected chi connectivity index (χ0v) is 6.15. The second-order valence-electron chi connectivity index (χ2n) is 2.09. The molecular formula is C6H8F3NO2. The summed E-state index contributed by atoms with van der Waals surface area (Å²) in [6.45, 7) is 1.19. The Balaban J connectivity index is 0.000000211. The average Bonchev–Trinajstić information content (AvgIpc) is 2.39. The van der Waals surface area contributed by atoms with Gasteiger partial charge >= 0.3 is 6.18 Å². The molecule has 1 heterocycles. The summed E-state index contributed by atoms with van der Waals surface area (Å²) in [6.07, 6.45) is -0.486. The Morgan fingerprint density at radius 1 is 1.50 bits per heavy atom. The Morgan fingerprint density at radius 3 is 2.08 bits per heavy atom. The number of carboxylic acid groups (broad SMARTS) is 1. The summed E-state index contributed by atoms with van der Waals surface area (Å²) < 4.78 is 31.5. The van der Waals surface area contributed by atoms with Crippen LogP contribution < -0.4 is 10.1 Å². The van der Waals surface area contributed by atoms with Gasteiger partial charge in [0.05, 0.1) is 0 Å². The molecule has 3 nitrogen and oxygen atoms in total. The number of hydrogen-bond acceptors (Lipinski definition) is 2. The van der Waals surface area contributed by atoms with Crippen molar-refractivity contribution in [2.45, 2.75) is 19.0 Å². The predicted octanol–water partition coefficient (Wildman–Crippen LogP) is -1.77. The van der Waals surface area contributed by atoms with Gasteiger partial charge in [0.25, 0.3) is 0 Å². The van der Waals surface area contributed by atoms with Crippen LogP contribution in [0.15, 0.2) is 0 Å². The van der Waals surface area contributed by atoms with Crippen LogP contribution >= 0.6 is 0 Å². The molecule has 0 amide bonds. The third kappa shape index (κ3) is 5.70. The number of carboxylic acids is 1. The maximum absolute atomic E-state index is 10.5. The van der Waals surface area contributed by atoms with Gasteiger partial charge in [-0.15, -0.1) is 0 Å². The maximum Gasteiger partial charge on any atom is 0.430 e. The summed E-state index contributed by atoms with van der Waals surface area (Å²) in [5.74, 6) is -3.01. The van der Waals surface area contributed by atoms with Crippen molar-refractivity contribution in [3.05, 3.63) is 0 Å². The van der Waals surface area contributed by atoms with Crippen molar-refractivity contribution in [1.29, 1.82) is 0 Å². The van der Waals surface area contributed by atoms with Crippen LogP contribution in [-0.4, -0.2) is 24.9 Å². The number of carbonyl (C=O) groups excluding carboxylic acids is 1. The van der Waals surface area contributed by atoms with Gasteiger partial charge in [0, 0.05) is 12.8 Å². The van der Waals surface area contributed by atoms with Crippen molar-refractivity contribution in [2.24, 2.45) is 0 Å². The van der Waals surface area contributed by atoms with Gasteiger partial charge in [-0.25, -0.2) is 0 Å². The zero-order chi connectivity index (χ0) is 9.61. The SMILES string of the molecule is C1=[NH+]CCC1.O=C([O-])C(F)(F)F. The number of aliphatic carboxylic acids is 1. The van der Waals surface area contributed by atoms with E-state index in [1.165, 1.54) is 19.4 Å². The van der Waals surface area contributed by atoms with Gasteiger partial charge in [-0.2, -0.15) is 13.2 Å². The number of rotatable bonds is 0. The van der Waals surface area contributed by atoms with Crippen molar-refractivity contribution in [3.63, 3.8) is 0 Å². The Morgan fingerprint density at radius 2 is 2.00 bits per heavy atom. The van der Waals surface area contributed by atoms with Crippen LogP contribution in [0, 0.1) is 0 Å². The maximum atomic E-state index is 10.5. The second-order valence-corrected chi connectivity index (χ2v) is 2.09. The molecule has 0 radical (unpaired) electrons. The molecule has 0 fully saturated rings. The number of alkyl halides is 3. The fraction of sp³-hybridized carbons (Fsp3) is 0.667. The standard InChI is InChI=1S/C4H7N.C2HF3O2/c1-2-4-5-3-1;3-2(4,5)1(6)7/h3H,1-2,4H2;(H,6,7). The van der Waals surface area contributed by atoms with E-state index in [1.54, 1.807) is 0 Å². The lowest BCUT2D eigenvalue weighted by molar-refractivity contribution is -0.442. The smallest absolute Gasteiger partial charge is 0.430 e. The lowest BCUT2D eigenvalue weighted by atomic mass is 10.4. The molecule has 1 rings (SSSR count). The highest BCUT2D eigenvalue weighted by Gasteiger charge is 2.28. The lowest BCUT2D eigenvalue weighted by Crippen LogP contribution is -2.65. The van der Waals surface area contributed by atoms with Gasteiger partial charge in [0.1, 0.15) is 18.7 Å². The second kappa shape index (κ2) is 4.74. The Hall–Kier alpha value is -1.07. The first-order valence-electron chi connectivity index (χ1n) is 3.28. The lowest BCUT2D eigenvalue weighted by Gasteiger charge is -2.03. The average molecular weight is 183 g/mol. The van der Waals surface area contributed by atoms with Crippen molar-refractivity contribution in [1.82, 2.24) is 0 Å². The van der Waals surface area contributed by atoms with Crippen LogP contribution in [0.1, 0.15) is 12.8 Å². The van der Waals surface area contributed by atoms with E-state index in [-0.39, 0.29) is 0 Å². The molecule has 0 spiro atoms. The van der Waals surface area contributed by atoms with Crippen molar-refractivity contribution >= 4 is 12.2 Å². The van der Waals surface area contributed by atoms with E-state index < -0.39 is 12.1 Å². The first-order chi connectivity index (χ1) is 5.44. The molecule has 1 N–H and O–H groups in total. The van der Waals surface area contributed by atoms with Crippen LogP contribution in [0.5, 0.6) is 0 Å². The fourth-order valence-electron chi connectivity index (χ4n) is 0.510. The molecule has 1 aliphatic rings. The molecule has 0 unspecified atom stereocenters. The molecule has 1 aliphatic heterocycles. The first-order valence-corrected chi connectivity index (χ1v) is 3.28. The Kier molecular flexibility index (Phi) is 4.31. The number of carbonyl (C=O) groups is 1. The third-order valence-corrected chi connectivity index (χ3v) is 1.05.